The summed E-state index contributed by atoms with van der Waals surface area (Å²) >= 11 is 1.41. The van der Waals surface area contributed by atoms with Crippen LogP contribution in [0, 0.1) is 13.8 Å². The molecule has 0 fully saturated rings. The van der Waals surface area contributed by atoms with Gasteiger partial charge in [-0.3, -0.25) is 14.2 Å². The summed E-state index contributed by atoms with van der Waals surface area (Å²) in [7, 11) is 0. The average Bonchev–Trinajstić information content (AvgIpc) is 3.13. The Labute approximate surface area is 171 Å². The Morgan fingerprint density at radius 1 is 1.14 bits per heavy atom. The van der Waals surface area contributed by atoms with E-state index < -0.39 is 0 Å². The first-order chi connectivity index (χ1) is 14.0. The van der Waals surface area contributed by atoms with Gasteiger partial charge in [0.05, 0.1) is 35.9 Å². The summed E-state index contributed by atoms with van der Waals surface area (Å²) in [6, 6.07) is 13.2. The fourth-order valence-corrected chi connectivity index (χ4v) is 3.89. The first-order valence-corrected chi connectivity index (χ1v) is 10.1. The summed E-state index contributed by atoms with van der Waals surface area (Å²) in [5.74, 6) is -0.116. The molecule has 4 aromatic rings. The zero-order valence-corrected chi connectivity index (χ0v) is 17.0. The number of hydrogen-bond donors (Lipinski definition) is 1. The van der Waals surface area contributed by atoms with Crippen LogP contribution in [0.5, 0.6) is 0 Å². The molecule has 0 aliphatic rings. The number of fused-ring (bicyclic) bond motifs is 1. The standard InChI is InChI=1S/C22H20N4O2S/c1-14-6-8-16(9-7-14)24-19(27)10-20-25-17(12-29-20)11-26-13-23-21-15(2)4-3-5-18(21)22(26)28/h3-9,12-13H,10-11H2,1-2H3,(H,24,27). The van der Waals surface area contributed by atoms with E-state index >= 15 is 0 Å². The fraction of sp³-hybridized carbons (Fsp3) is 0.182. The van der Waals surface area contributed by atoms with Crippen LogP contribution >= 0.6 is 11.3 Å². The number of carbonyl (C=O) groups excluding carboxylic acids is 1. The van der Waals surface area contributed by atoms with Crippen LogP contribution in [0.4, 0.5) is 5.69 Å². The van der Waals surface area contributed by atoms with E-state index in [0.29, 0.717) is 16.9 Å². The lowest BCUT2D eigenvalue weighted by Crippen LogP contribution is -2.21. The minimum absolute atomic E-state index is 0.0923. The fourth-order valence-electron chi connectivity index (χ4n) is 3.11. The van der Waals surface area contributed by atoms with Crippen LogP contribution in [0.2, 0.25) is 0 Å². The lowest BCUT2D eigenvalue weighted by atomic mass is 10.1. The van der Waals surface area contributed by atoms with Gasteiger partial charge < -0.3 is 5.32 Å². The van der Waals surface area contributed by atoms with E-state index in [1.165, 1.54) is 11.3 Å². The molecule has 0 bridgehead atoms. The van der Waals surface area contributed by atoms with Crippen molar-refractivity contribution >= 4 is 33.8 Å². The SMILES string of the molecule is Cc1ccc(NC(=O)Cc2nc(Cn3cnc4c(C)cccc4c3=O)cs2)cc1. The molecule has 1 N–H and O–H groups in total. The number of nitrogens with one attached hydrogen (secondary N) is 1. The Bertz CT molecular complexity index is 1240. The van der Waals surface area contributed by atoms with Crippen molar-refractivity contribution in [3.63, 3.8) is 0 Å². The van der Waals surface area contributed by atoms with Crippen LogP contribution in [-0.4, -0.2) is 20.4 Å². The van der Waals surface area contributed by atoms with Crippen LogP contribution in [0.25, 0.3) is 10.9 Å². The Balaban J connectivity index is 1.46. The Morgan fingerprint density at radius 2 is 1.93 bits per heavy atom. The van der Waals surface area contributed by atoms with Crippen molar-refractivity contribution in [1.29, 1.82) is 0 Å². The summed E-state index contributed by atoms with van der Waals surface area (Å²) in [5.41, 5.74) is 4.25. The molecule has 2 heterocycles. The number of hydrogen-bond acceptors (Lipinski definition) is 5. The molecule has 0 radical (unpaired) electrons. The highest BCUT2D eigenvalue weighted by Crippen LogP contribution is 2.15. The van der Waals surface area contributed by atoms with Crippen molar-refractivity contribution in [2.45, 2.75) is 26.8 Å². The predicted octanol–water partition coefficient (Wildman–Crippen LogP) is 3.70. The third-order valence-corrected chi connectivity index (χ3v) is 5.53. The van der Waals surface area contributed by atoms with Crippen molar-refractivity contribution in [1.82, 2.24) is 14.5 Å². The molecule has 0 aliphatic heterocycles. The van der Waals surface area contributed by atoms with E-state index in [0.717, 1.165) is 28.0 Å². The van der Waals surface area contributed by atoms with Gasteiger partial charge in [-0.2, -0.15) is 0 Å². The predicted molar refractivity (Wildman–Crippen MR) is 115 cm³/mol. The maximum absolute atomic E-state index is 12.7. The van der Waals surface area contributed by atoms with Gasteiger partial charge in [0, 0.05) is 11.1 Å². The molecule has 0 atom stereocenters. The highest BCUT2D eigenvalue weighted by molar-refractivity contribution is 7.09. The van der Waals surface area contributed by atoms with E-state index in [1.54, 1.807) is 17.0 Å². The van der Waals surface area contributed by atoms with Gasteiger partial charge in [0.15, 0.2) is 0 Å². The van der Waals surface area contributed by atoms with Crippen molar-refractivity contribution in [3.05, 3.63) is 86.4 Å². The van der Waals surface area contributed by atoms with E-state index in [2.05, 4.69) is 15.3 Å². The van der Waals surface area contributed by atoms with Crippen molar-refractivity contribution in [2.75, 3.05) is 5.32 Å². The number of para-hydroxylation sites is 1. The maximum atomic E-state index is 12.7. The molecule has 1 amide bonds. The topological polar surface area (TPSA) is 76.9 Å². The normalized spacial score (nSPS) is 11.0. The molecule has 0 spiro atoms. The largest absolute Gasteiger partial charge is 0.326 e. The summed E-state index contributed by atoms with van der Waals surface area (Å²) in [5, 5.41) is 6.06. The minimum atomic E-state index is -0.116. The second kappa shape index (κ2) is 7.97. The molecule has 2 aromatic heterocycles. The molecule has 0 aliphatic carbocycles. The first-order valence-electron chi connectivity index (χ1n) is 9.24. The number of amides is 1. The van der Waals surface area contributed by atoms with Gasteiger partial charge in [-0.1, -0.05) is 29.8 Å². The maximum Gasteiger partial charge on any atom is 0.261 e. The highest BCUT2D eigenvalue weighted by Gasteiger charge is 2.11. The molecule has 0 saturated carbocycles. The van der Waals surface area contributed by atoms with Gasteiger partial charge in [-0.15, -0.1) is 11.3 Å². The lowest BCUT2D eigenvalue weighted by Gasteiger charge is -2.06. The monoisotopic (exact) mass is 404 g/mol. The Kier molecular flexibility index (Phi) is 5.22. The molecule has 4 rings (SSSR count). The van der Waals surface area contributed by atoms with E-state index in [4.69, 9.17) is 0 Å². The van der Waals surface area contributed by atoms with Crippen LogP contribution in [-0.2, 0) is 17.8 Å². The lowest BCUT2D eigenvalue weighted by molar-refractivity contribution is -0.115. The number of nitrogens with zero attached hydrogens (tertiary/aromatic N) is 3. The van der Waals surface area contributed by atoms with Crippen LogP contribution in [0.1, 0.15) is 21.8 Å². The highest BCUT2D eigenvalue weighted by atomic mass is 32.1. The number of thiazole rings is 1. The van der Waals surface area contributed by atoms with Crippen LogP contribution in [0.15, 0.2) is 59.0 Å². The summed E-state index contributed by atoms with van der Waals surface area (Å²) < 4.78 is 1.55. The van der Waals surface area contributed by atoms with Gasteiger partial charge >= 0.3 is 0 Å². The first kappa shape index (κ1) is 19.0. The second-order valence-corrected chi connectivity index (χ2v) is 7.91. The van der Waals surface area contributed by atoms with Crippen molar-refractivity contribution < 1.29 is 4.79 Å². The number of aromatic nitrogens is 3. The molecule has 0 unspecified atom stereocenters. The van der Waals surface area contributed by atoms with Gasteiger partial charge in [-0.05, 0) is 37.6 Å². The van der Waals surface area contributed by atoms with Gasteiger partial charge in [0.1, 0.15) is 5.01 Å². The molecule has 29 heavy (non-hydrogen) atoms. The minimum Gasteiger partial charge on any atom is -0.326 e. The van der Waals surface area contributed by atoms with Crippen LogP contribution in [0.3, 0.4) is 0 Å². The average molecular weight is 404 g/mol. The molecule has 2 aromatic carbocycles. The van der Waals surface area contributed by atoms with Crippen LogP contribution < -0.4 is 10.9 Å². The van der Waals surface area contributed by atoms with E-state index in [1.807, 2.05) is 55.6 Å². The third kappa shape index (κ3) is 4.25. The molecule has 6 nitrogen and oxygen atoms in total. The molecular formula is C22H20N4O2S. The van der Waals surface area contributed by atoms with Crippen molar-refractivity contribution in [3.8, 4) is 0 Å². The summed E-state index contributed by atoms with van der Waals surface area (Å²) in [6.07, 6.45) is 1.75. The molecular weight excluding hydrogens is 384 g/mol. The summed E-state index contributed by atoms with van der Waals surface area (Å²) in [4.78, 5) is 33.9. The smallest absolute Gasteiger partial charge is 0.261 e. The Hall–Kier alpha value is -3.32. The van der Waals surface area contributed by atoms with Gasteiger partial charge in [0.2, 0.25) is 5.91 Å². The summed E-state index contributed by atoms with van der Waals surface area (Å²) in [6.45, 7) is 4.26. The number of rotatable bonds is 5. The zero-order valence-electron chi connectivity index (χ0n) is 16.2. The molecule has 7 heteroatoms. The van der Waals surface area contributed by atoms with Gasteiger partial charge in [-0.25, -0.2) is 9.97 Å². The quantitative estimate of drug-likeness (QED) is 0.550. The number of carbonyl (C=O) groups is 1. The molecule has 0 saturated heterocycles. The van der Waals surface area contributed by atoms with Crippen molar-refractivity contribution in [2.24, 2.45) is 0 Å². The number of aryl methyl sites for hydroxylation is 2. The van der Waals surface area contributed by atoms with E-state index in [-0.39, 0.29) is 17.9 Å². The molecule has 146 valence electrons. The van der Waals surface area contributed by atoms with Gasteiger partial charge in [0.25, 0.3) is 5.56 Å². The van der Waals surface area contributed by atoms with E-state index in [9.17, 15) is 9.59 Å². The zero-order chi connectivity index (χ0) is 20.4. The third-order valence-electron chi connectivity index (χ3n) is 4.63. The number of benzene rings is 2. The Morgan fingerprint density at radius 3 is 2.72 bits per heavy atom. The second-order valence-electron chi connectivity index (χ2n) is 6.97. The number of anilines is 1.